The molecule has 0 aromatic carbocycles. The molecular weight excluding hydrogens is 478 g/mol. The third-order valence-electron chi connectivity index (χ3n) is 5.17. The Morgan fingerprint density at radius 1 is 0.743 bits per heavy atom. The van der Waals surface area contributed by atoms with Crippen molar-refractivity contribution >= 4 is 42.2 Å². The zero-order valence-corrected chi connectivity index (χ0v) is 22.1. The third-order valence-corrected chi connectivity index (χ3v) is 5.53. The van der Waals surface area contributed by atoms with E-state index in [4.69, 9.17) is 10.8 Å². The molecule has 0 aromatic heterocycles. The zero-order chi connectivity index (χ0) is 27.5. The second-order valence-electron chi connectivity index (χ2n) is 9.52. The van der Waals surface area contributed by atoms with Crippen LogP contribution in [0.25, 0.3) is 0 Å². The van der Waals surface area contributed by atoms with Gasteiger partial charge in [-0.15, -0.1) is 0 Å². The summed E-state index contributed by atoms with van der Waals surface area (Å²) in [6.07, 6.45) is 0.245. The molecule has 202 valence electrons. The molecule has 8 N–H and O–H groups in total. The summed E-state index contributed by atoms with van der Waals surface area (Å²) in [5, 5.41) is 28.4. The monoisotopic (exact) mass is 519 g/mol. The standard InChI is InChI=1S/C22H41N5O7S/c1-10(2)7-14(19(30)27-17(12(5)6)22(33)34)24-21(32)16(11(3)4)26-20(31)15(9-35)25-18(29)13(23)8-28/h10-17,28,35H,7-9,23H2,1-6H3,(H,24,32)(H,25,29)(H,26,31)(H,27,30)(H,33,34)/t13?,14?,15-,16?,17?/m1/s1. The highest BCUT2D eigenvalue weighted by Crippen LogP contribution is 2.10. The third kappa shape index (κ3) is 11.3. The fourth-order valence-corrected chi connectivity index (χ4v) is 3.33. The molecule has 0 aliphatic rings. The first kappa shape index (κ1) is 32.6. The first-order valence-corrected chi connectivity index (χ1v) is 12.2. The number of carboxylic acids is 1. The van der Waals surface area contributed by atoms with Crippen LogP contribution in [0, 0.1) is 17.8 Å². The molecule has 0 rings (SSSR count). The maximum absolute atomic E-state index is 13.1. The average molecular weight is 520 g/mol. The van der Waals surface area contributed by atoms with Gasteiger partial charge in [0.1, 0.15) is 30.2 Å². The van der Waals surface area contributed by atoms with Crippen molar-refractivity contribution in [3.8, 4) is 0 Å². The van der Waals surface area contributed by atoms with Gasteiger partial charge in [-0.3, -0.25) is 19.2 Å². The Bertz CT molecular complexity index is 748. The lowest BCUT2D eigenvalue weighted by Crippen LogP contribution is -2.60. The number of rotatable bonds is 15. The van der Waals surface area contributed by atoms with Gasteiger partial charge in [-0.1, -0.05) is 41.5 Å². The van der Waals surface area contributed by atoms with Crippen LogP contribution in [0.4, 0.5) is 0 Å². The molecular formula is C22H41N5O7S. The summed E-state index contributed by atoms with van der Waals surface area (Å²) in [5.74, 6) is -4.76. The second-order valence-corrected chi connectivity index (χ2v) is 9.89. The molecule has 0 aromatic rings. The van der Waals surface area contributed by atoms with Crippen LogP contribution in [0.2, 0.25) is 0 Å². The second kappa shape index (κ2) is 15.6. The van der Waals surface area contributed by atoms with E-state index in [9.17, 15) is 29.1 Å². The lowest BCUT2D eigenvalue weighted by Gasteiger charge is -2.28. The number of nitrogens with two attached hydrogens (primary N) is 1. The summed E-state index contributed by atoms with van der Waals surface area (Å²) in [7, 11) is 0. The van der Waals surface area contributed by atoms with Crippen LogP contribution < -0.4 is 27.0 Å². The number of amides is 4. The summed E-state index contributed by atoms with van der Waals surface area (Å²) >= 11 is 4.06. The Morgan fingerprint density at radius 3 is 1.60 bits per heavy atom. The molecule has 0 saturated heterocycles. The van der Waals surface area contributed by atoms with E-state index < -0.39 is 66.4 Å². The van der Waals surface area contributed by atoms with E-state index in [1.165, 1.54) is 0 Å². The first-order chi connectivity index (χ1) is 16.2. The van der Waals surface area contributed by atoms with Crippen molar-refractivity contribution < 1.29 is 34.2 Å². The van der Waals surface area contributed by atoms with Gasteiger partial charge in [0.25, 0.3) is 0 Å². The minimum atomic E-state index is -1.22. The fourth-order valence-electron chi connectivity index (χ4n) is 3.08. The van der Waals surface area contributed by atoms with Gasteiger partial charge >= 0.3 is 5.97 Å². The molecule has 13 heteroatoms. The van der Waals surface area contributed by atoms with Crippen LogP contribution in [0.1, 0.15) is 48.0 Å². The molecule has 0 radical (unpaired) electrons. The molecule has 12 nitrogen and oxygen atoms in total. The number of carboxylic acid groups (broad SMARTS) is 1. The topological polar surface area (TPSA) is 200 Å². The smallest absolute Gasteiger partial charge is 0.326 e. The van der Waals surface area contributed by atoms with Crippen LogP contribution in [-0.2, 0) is 24.0 Å². The van der Waals surface area contributed by atoms with Crippen molar-refractivity contribution in [2.45, 2.75) is 78.2 Å². The Hall–Kier alpha value is -2.38. The number of aliphatic hydroxyl groups excluding tert-OH is 1. The van der Waals surface area contributed by atoms with Crippen molar-refractivity contribution in [1.29, 1.82) is 0 Å². The predicted octanol–water partition coefficient (Wildman–Crippen LogP) is -1.38. The maximum atomic E-state index is 13.1. The van der Waals surface area contributed by atoms with Crippen LogP contribution in [-0.4, -0.2) is 82.4 Å². The normalized spacial score (nSPS) is 15.7. The minimum absolute atomic E-state index is 0.0000206. The van der Waals surface area contributed by atoms with Crippen LogP contribution in [0.3, 0.4) is 0 Å². The minimum Gasteiger partial charge on any atom is -0.480 e. The molecule has 4 amide bonds. The number of nitrogens with one attached hydrogen (secondary N) is 4. The van der Waals surface area contributed by atoms with Gasteiger partial charge in [-0.05, 0) is 24.2 Å². The molecule has 0 bridgehead atoms. The van der Waals surface area contributed by atoms with Crippen LogP contribution in [0.5, 0.6) is 0 Å². The zero-order valence-electron chi connectivity index (χ0n) is 21.2. The van der Waals surface area contributed by atoms with Crippen molar-refractivity contribution in [3.63, 3.8) is 0 Å². The molecule has 35 heavy (non-hydrogen) atoms. The first-order valence-electron chi connectivity index (χ1n) is 11.6. The van der Waals surface area contributed by atoms with Crippen molar-refractivity contribution in [1.82, 2.24) is 21.3 Å². The van der Waals surface area contributed by atoms with Crippen LogP contribution >= 0.6 is 12.6 Å². The lowest BCUT2D eigenvalue weighted by atomic mass is 9.98. The van der Waals surface area contributed by atoms with Crippen LogP contribution in [0.15, 0.2) is 0 Å². The molecule has 0 aliphatic carbocycles. The van der Waals surface area contributed by atoms with Gasteiger partial charge in [0.2, 0.25) is 23.6 Å². The molecule has 0 aliphatic heterocycles. The van der Waals surface area contributed by atoms with Crippen molar-refractivity contribution in [2.75, 3.05) is 12.4 Å². The average Bonchev–Trinajstić information content (AvgIpc) is 2.76. The number of thiol groups is 1. The summed E-state index contributed by atoms with van der Waals surface area (Å²) in [5.41, 5.74) is 5.45. The van der Waals surface area contributed by atoms with Gasteiger partial charge < -0.3 is 37.2 Å². The van der Waals surface area contributed by atoms with E-state index >= 15 is 0 Å². The van der Waals surface area contributed by atoms with Gasteiger partial charge in [-0.25, -0.2) is 4.79 Å². The van der Waals surface area contributed by atoms with Gasteiger partial charge in [0.15, 0.2) is 0 Å². The Balaban J connectivity index is 5.56. The Morgan fingerprint density at radius 2 is 1.20 bits per heavy atom. The van der Waals surface area contributed by atoms with E-state index in [0.29, 0.717) is 0 Å². The Kier molecular flexibility index (Phi) is 14.5. The van der Waals surface area contributed by atoms with Gasteiger partial charge in [0.05, 0.1) is 6.61 Å². The van der Waals surface area contributed by atoms with E-state index in [1.54, 1.807) is 27.7 Å². The predicted molar refractivity (Wildman–Crippen MR) is 133 cm³/mol. The number of aliphatic carboxylic acids is 1. The maximum Gasteiger partial charge on any atom is 0.326 e. The van der Waals surface area contributed by atoms with E-state index in [-0.39, 0.29) is 29.9 Å². The molecule has 0 fully saturated rings. The highest BCUT2D eigenvalue weighted by molar-refractivity contribution is 7.80. The lowest BCUT2D eigenvalue weighted by molar-refractivity contribution is -0.143. The van der Waals surface area contributed by atoms with Gasteiger partial charge in [0, 0.05) is 5.75 Å². The quantitative estimate of drug-likeness (QED) is 0.121. The summed E-state index contributed by atoms with van der Waals surface area (Å²) in [6.45, 7) is 9.79. The Labute approximate surface area is 211 Å². The highest BCUT2D eigenvalue weighted by atomic mass is 32.1. The molecule has 0 saturated carbocycles. The molecule has 5 atom stereocenters. The molecule has 0 heterocycles. The van der Waals surface area contributed by atoms with E-state index in [1.807, 2.05) is 13.8 Å². The number of hydrogen-bond acceptors (Lipinski definition) is 8. The van der Waals surface area contributed by atoms with Crippen molar-refractivity contribution in [2.24, 2.45) is 23.5 Å². The summed E-state index contributed by atoms with van der Waals surface area (Å²) in [4.78, 5) is 62.1. The van der Waals surface area contributed by atoms with Gasteiger partial charge in [-0.2, -0.15) is 12.6 Å². The number of hydrogen-bond donors (Lipinski definition) is 8. The fraction of sp³-hybridized carbons (Fsp3) is 0.773. The summed E-state index contributed by atoms with van der Waals surface area (Å²) in [6, 6.07) is -5.54. The largest absolute Gasteiger partial charge is 0.480 e. The SMILES string of the molecule is CC(C)CC(NC(=O)C(NC(=O)[C@@H](CS)NC(=O)C(N)CO)C(C)C)C(=O)NC(C(=O)O)C(C)C. The van der Waals surface area contributed by atoms with E-state index in [2.05, 4.69) is 33.9 Å². The van der Waals surface area contributed by atoms with E-state index in [0.717, 1.165) is 0 Å². The molecule has 0 spiro atoms. The molecule has 4 unspecified atom stereocenters. The van der Waals surface area contributed by atoms with Crippen molar-refractivity contribution in [3.05, 3.63) is 0 Å². The number of carbonyl (C=O) groups is 5. The highest BCUT2D eigenvalue weighted by Gasteiger charge is 2.33. The number of carbonyl (C=O) groups excluding carboxylic acids is 4. The summed E-state index contributed by atoms with van der Waals surface area (Å²) < 4.78 is 0. The number of aliphatic hydroxyl groups is 1.